The van der Waals surface area contributed by atoms with Crippen molar-refractivity contribution in [3.8, 4) is 0 Å². The summed E-state index contributed by atoms with van der Waals surface area (Å²) in [5.41, 5.74) is 2.40. The first-order valence-electron chi connectivity index (χ1n) is 10.3. The zero-order valence-corrected chi connectivity index (χ0v) is 17.9. The fourth-order valence-electron chi connectivity index (χ4n) is 3.77. The Balaban J connectivity index is 0.000000913. The van der Waals surface area contributed by atoms with Gasteiger partial charge in [-0.1, -0.05) is 0 Å². The summed E-state index contributed by atoms with van der Waals surface area (Å²) in [6.07, 6.45) is 2.10. The SMILES string of the molecule is CC(CN1CCOCC1)NC(=O)c1n[nH]c2c1CCN(C(=O)c1cccnn1)C2.O=CO. The molecule has 0 saturated carbocycles. The molecule has 32 heavy (non-hydrogen) atoms. The number of rotatable bonds is 5. The number of nitrogens with zero attached hydrogens (tertiary/aromatic N) is 5. The zero-order valence-electron chi connectivity index (χ0n) is 17.9. The van der Waals surface area contributed by atoms with Crippen molar-refractivity contribution >= 4 is 18.3 Å². The van der Waals surface area contributed by atoms with Gasteiger partial charge in [0.15, 0.2) is 11.4 Å². The highest BCUT2D eigenvalue weighted by molar-refractivity contribution is 5.95. The van der Waals surface area contributed by atoms with Gasteiger partial charge < -0.3 is 20.1 Å². The topological polar surface area (TPSA) is 154 Å². The molecule has 3 N–H and O–H groups in total. The van der Waals surface area contributed by atoms with Crippen LogP contribution in [0.4, 0.5) is 0 Å². The number of amides is 2. The molecule has 172 valence electrons. The van der Waals surface area contributed by atoms with E-state index in [1.165, 1.54) is 6.20 Å². The van der Waals surface area contributed by atoms with Crippen LogP contribution in [0.2, 0.25) is 0 Å². The van der Waals surface area contributed by atoms with Gasteiger partial charge in [-0.3, -0.25) is 24.4 Å². The first-order chi connectivity index (χ1) is 15.5. The predicted octanol–water partition coefficient (Wildman–Crippen LogP) is -0.450. The Bertz CT molecular complexity index is 914. The van der Waals surface area contributed by atoms with Crippen molar-refractivity contribution in [2.45, 2.75) is 25.9 Å². The maximum Gasteiger partial charge on any atom is 0.290 e. The van der Waals surface area contributed by atoms with E-state index in [2.05, 4.69) is 30.6 Å². The average Bonchev–Trinajstić information content (AvgIpc) is 3.24. The zero-order chi connectivity index (χ0) is 22.9. The number of H-pyrrole nitrogens is 1. The van der Waals surface area contributed by atoms with Crippen LogP contribution in [0.5, 0.6) is 0 Å². The third kappa shape index (κ3) is 5.86. The lowest BCUT2D eigenvalue weighted by atomic mass is 10.0. The number of carbonyl (C=O) groups is 3. The van der Waals surface area contributed by atoms with Gasteiger partial charge in [0.05, 0.1) is 25.5 Å². The molecule has 1 fully saturated rings. The Morgan fingerprint density at radius 3 is 2.78 bits per heavy atom. The molecule has 1 atom stereocenters. The van der Waals surface area contributed by atoms with Crippen LogP contribution in [0.3, 0.4) is 0 Å². The second-order valence-electron chi connectivity index (χ2n) is 7.51. The molecule has 0 radical (unpaired) electrons. The molecule has 2 aliphatic heterocycles. The third-order valence-electron chi connectivity index (χ3n) is 5.24. The number of hydrogen-bond acceptors (Lipinski definition) is 8. The van der Waals surface area contributed by atoms with Crippen molar-refractivity contribution in [1.82, 2.24) is 35.5 Å². The quantitative estimate of drug-likeness (QED) is 0.519. The second kappa shape index (κ2) is 11.3. The average molecular weight is 445 g/mol. The molecule has 2 amide bonds. The van der Waals surface area contributed by atoms with E-state index in [-0.39, 0.29) is 24.3 Å². The van der Waals surface area contributed by atoms with Gasteiger partial charge in [-0.2, -0.15) is 10.2 Å². The van der Waals surface area contributed by atoms with E-state index in [1.807, 2.05) is 6.92 Å². The van der Waals surface area contributed by atoms with Crippen molar-refractivity contribution in [1.29, 1.82) is 0 Å². The molecule has 0 bridgehead atoms. The van der Waals surface area contributed by atoms with E-state index in [0.717, 1.165) is 44.1 Å². The highest BCUT2D eigenvalue weighted by Gasteiger charge is 2.29. The van der Waals surface area contributed by atoms with Crippen LogP contribution in [0.15, 0.2) is 18.3 Å². The molecule has 1 saturated heterocycles. The van der Waals surface area contributed by atoms with Gasteiger partial charge in [-0.15, -0.1) is 5.10 Å². The largest absolute Gasteiger partial charge is 0.483 e. The predicted molar refractivity (Wildman–Crippen MR) is 112 cm³/mol. The molecule has 12 nitrogen and oxygen atoms in total. The van der Waals surface area contributed by atoms with E-state index < -0.39 is 0 Å². The number of ether oxygens (including phenoxy) is 1. The molecule has 2 aliphatic rings. The van der Waals surface area contributed by atoms with Crippen LogP contribution in [0, 0.1) is 0 Å². The summed E-state index contributed by atoms with van der Waals surface area (Å²) in [7, 11) is 0. The van der Waals surface area contributed by atoms with Crippen LogP contribution >= 0.6 is 0 Å². The summed E-state index contributed by atoms with van der Waals surface area (Å²) in [6, 6.07) is 3.34. The van der Waals surface area contributed by atoms with Crippen molar-refractivity contribution < 1.29 is 24.2 Å². The minimum Gasteiger partial charge on any atom is -0.483 e. The number of fused-ring (bicyclic) bond motifs is 1. The van der Waals surface area contributed by atoms with Gasteiger partial charge in [0.2, 0.25) is 0 Å². The fourth-order valence-corrected chi connectivity index (χ4v) is 3.77. The van der Waals surface area contributed by atoms with Crippen molar-refractivity contribution in [2.24, 2.45) is 0 Å². The summed E-state index contributed by atoms with van der Waals surface area (Å²) in [4.78, 5) is 37.6. The van der Waals surface area contributed by atoms with Crippen LogP contribution in [0.1, 0.15) is 39.2 Å². The maximum atomic E-state index is 12.7. The standard InChI is InChI=1S/C19H25N7O3.CH2O2/c1-13(11-25-7-9-29-10-8-25)21-18(27)17-14-4-6-26(12-16(14)23-24-17)19(28)15-3-2-5-20-22-15;2-1-3/h2-3,5,13H,4,6-12H2,1H3,(H,21,27)(H,23,24);1H,(H,2,3). The molecule has 1 unspecified atom stereocenters. The number of morpholine rings is 1. The van der Waals surface area contributed by atoms with Crippen molar-refractivity contribution in [2.75, 3.05) is 39.4 Å². The summed E-state index contributed by atoms with van der Waals surface area (Å²) in [5.74, 6) is -0.361. The number of hydrogen-bond donors (Lipinski definition) is 3. The number of aromatic amines is 1. The molecule has 0 aliphatic carbocycles. The first-order valence-corrected chi connectivity index (χ1v) is 10.3. The Labute approximate surface area is 184 Å². The van der Waals surface area contributed by atoms with E-state index in [0.29, 0.717) is 30.9 Å². The molecule has 4 heterocycles. The lowest BCUT2D eigenvalue weighted by molar-refractivity contribution is -0.122. The Morgan fingerprint density at radius 1 is 1.34 bits per heavy atom. The van der Waals surface area contributed by atoms with Crippen LogP contribution in [-0.2, 0) is 22.5 Å². The number of aromatic nitrogens is 4. The lowest BCUT2D eigenvalue weighted by Gasteiger charge is -2.29. The maximum absolute atomic E-state index is 12.7. The van der Waals surface area contributed by atoms with Gasteiger partial charge in [0.1, 0.15) is 0 Å². The highest BCUT2D eigenvalue weighted by Crippen LogP contribution is 2.21. The molecular formula is C20H27N7O5. The van der Waals surface area contributed by atoms with Gasteiger partial charge in [-0.25, -0.2) is 0 Å². The van der Waals surface area contributed by atoms with Gasteiger partial charge in [-0.05, 0) is 25.5 Å². The minimum atomic E-state index is -0.250. The van der Waals surface area contributed by atoms with Crippen molar-refractivity contribution in [3.63, 3.8) is 0 Å². The number of carboxylic acid groups (broad SMARTS) is 1. The second-order valence-corrected chi connectivity index (χ2v) is 7.51. The molecule has 0 spiro atoms. The van der Waals surface area contributed by atoms with E-state index in [9.17, 15) is 9.59 Å². The molecule has 12 heteroatoms. The normalized spacial score (nSPS) is 16.8. The van der Waals surface area contributed by atoms with Crippen molar-refractivity contribution in [3.05, 3.63) is 41.0 Å². The molecule has 2 aromatic heterocycles. The Kier molecular flexibility index (Phi) is 8.22. The lowest BCUT2D eigenvalue weighted by Crippen LogP contribution is -2.46. The first kappa shape index (κ1) is 23.3. The molecule has 4 rings (SSSR count). The van der Waals surface area contributed by atoms with Gasteiger partial charge in [0.25, 0.3) is 18.3 Å². The number of carbonyl (C=O) groups excluding carboxylic acids is 2. The minimum absolute atomic E-state index is 0.00581. The summed E-state index contributed by atoms with van der Waals surface area (Å²) >= 11 is 0. The molecule has 2 aromatic rings. The van der Waals surface area contributed by atoms with E-state index in [4.69, 9.17) is 14.6 Å². The fraction of sp³-hybridized carbons (Fsp3) is 0.500. The third-order valence-corrected chi connectivity index (χ3v) is 5.24. The Morgan fingerprint density at radius 2 is 2.09 bits per heavy atom. The molecular weight excluding hydrogens is 418 g/mol. The van der Waals surface area contributed by atoms with Crippen LogP contribution in [-0.4, -0.2) is 99.0 Å². The van der Waals surface area contributed by atoms with Crippen LogP contribution in [0.25, 0.3) is 0 Å². The van der Waals surface area contributed by atoms with E-state index in [1.54, 1.807) is 17.0 Å². The smallest absolute Gasteiger partial charge is 0.290 e. The van der Waals surface area contributed by atoms with Gasteiger partial charge in [0, 0.05) is 44.0 Å². The van der Waals surface area contributed by atoms with Gasteiger partial charge >= 0.3 is 0 Å². The summed E-state index contributed by atoms with van der Waals surface area (Å²) in [6.45, 7) is 6.63. The Hall–Kier alpha value is -3.38. The number of nitrogens with one attached hydrogen (secondary N) is 2. The highest BCUT2D eigenvalue weighted by atomic mass is 16.5. The van der Waals surface area contributed by atoms with Crippen LogP contribution < -0.4 is 5.32 Å². The monoisotopic (exact) mass is 445 g/mol. The summed E-state index contributed by atoms with van der Waals surface area (Å²) < 4.78 is 5.36. The molecule has 0 aromatic carbocycles. The van der Waals surface area contributed by atoms with E-state index >= 15 is 0 Å². The summed E-state index contributed by atoms with van der Waals surface area (Å²) in [5, 5.41) is 24.7.